The van der Waals surface area contributed by atoms with E-state index in [1.807, 2.05) is 23.6 Å². The molecule has 1 saturated heterocycles. The number of nitrogens with zero attached hydrogens (tertiary/aromatic N) is 3. The highest BCUT2D eigenvalue weighted by Crippen LogP contribution is 2.39. The Balaban J connectivity index is 0.925. The molecule has 2 aromatic heterocycles. The summed E-state index contributed by atoms with van der Waals surface area (Å²) in [6.07, 6.45) is 8.96. The fourth-order valence-electron chi connectivity index (χ4n) is 6.87. The number of carbonyl (C=O) groups excluding carboxylic acids is 5. The number of fused-ring (bicyclic) bond motifs is 1. The van der Waals surface area contributed by atoms with E-state index in [2.05, 4.69) is 26.3 Å². The number of anilines is 3. The van der Waals surface area contributed by atoms with E-state index in [0.717, 1.165) is 42.9 Å². The SMILES string of the molecule is O=C1CCC(N2Cc3c(NC(=O)COCCCCNC(=O)C4(Cc5cccc(Nc6nccs6)n5)CCCCC4)cccc3C2=O)C(=O)N1. The molecule has 2 fully saturated rings. The van der Waals surface area contributed by atoms with Gasteiger partial charge in [0, 0.05) is 66.6 Å². The van der Waals surface area contributed by atoms with Crippen molar-refractivity contribution in [2.75, 3.05) is 30.4 Å². The second kappa shape index (κ2) is 15.7. The lowest BCUT2D eigenvalue weighted by Crippen LogP contribution is -2.52. The molecule has 2 aliphatic heterocycles. The first-order valence-electron chi connectivity index (χ1n) is 16.9. The van der Waals surface area contributed by atoms with Crippen LogP contribution in [-0.2, 0) is 36.9 Å². The third-order valence-corrected chi connectivity index (χ3v) is 10.1. The zero-order chi connectivity index (χ0) is 34.2. The van der Waals surface area contributed by atoms with E-state index in [1.165, 1.54) is 16.2 Å². The minimum atomic E-state index is -0.728. The van der Waals surface area contributed by atoms with Crippen LogP contribution in [0.1, 0.15) is 79.4 Å². The molecule has 6 rings (SSSR count). The van der Waals surface area contributed by atoms with Gasteiger partial charge in [-0.2, -0.15) is 0 Å². The monoisotopic (exact) mass is 687 g/mol. The molecule has 3 aliphatic rings. The van der Waals surface area contributed by atoms with Gasteiger partial charge in [0.05, 0.1) is 5.41 Å². The van der Waals surface area contributed by atoms with Gasteiger partial charge in [-0.25, -0.2) is 9.97 Å². The van der Waals surface area contributed by atoms with Crippen LogP contribution < -0.4 is 21.3 Å². The first-order chi connectivity index (χ1) is 23.8. The molecule has 3 aromatic rings. The van der Waals surface area contributed by atoms with E-state index < -0.39 is 17.4 Å². The molecular formula is C35H41N7O6S. The maximum Gasteiger partial charge on any atom is 0.255 e. The Labute approximate surface area is 288 Å². The molecule has 1 atom stereocenters. The normalized spacial score (nSPS) is 18.5. The van der Waals surface area contributed by atoms with Gasteiger partial charge in [0.25, 0.3) is 5.91 Å². The summed E-state index contributed by atoms with van der Waals surface area (Å²) in [6.45, 7) is 0.876. The topological polar surface area (TPSA) is 172 Å². The molecule has 1 aromatic carbocycles. The summed E-state index contributed by atoms with van der Waals surface area (Å²) in [5.41, 5.74) is 1.94. The molecule has 0 spiro atoms. The van der Waals surface area contributed by atoms with Crippen LogP contribution in [0.5, 0.6) is 0 Å². The highest BCUT2D eigenvalue weighted by Gasteiger charge is 2.41. The van der Waals surface area contributed by atoms with Gasteiger partial charge in [-0.05, 0) is 56.4 Å². The number of aromatic nitrogens is 2. The van der Waals surface area contributed by atoms with Crippen LogP contribution in [0.15, 0.2) is 48.0 Å². The van der Waals surface area contributed by atoms with E-state index in [1.54, 1.807) is 24.4 Å². The maximum absolute atomic E-state index is 13.6. The van der Waals surface area contributed by atoms with Crippen molar-refractivity contribution < 1.29 is 28.7 Å². The van der Waals surface area contributed by atoms with Crippen LogP contribution in [0.2, 0.25) is 0 Å². The molecule has 4 N–H and O–H groups in total. The minimum Gasteiger partial charge on any atom is -0.372 e. The quantitative estimate of drug-likeness (QED) is 0.144. The molecular weight excluding hydrogens is 646 g/mol. The zero-order valence-corrected chi connectivity index (χ0v) is 28.1. The van der Waals surface area contributed by atoms with Crippen LogP contribution >= 0.6 is 11.3 Å². The lowest BCUT2D eigenvalue weighted by molar-refractivity contribution is -0.137. The van der Waals surface area contributed by atoms with Crippen LogP contribution in [-0.4, -0.2) is 70.2 Å². The standard InChI is InChI=1S/C35H41N7O6S/c43-29-13-12-27(31(45)41-29)42-21-25-24(32(42)46)9-7-10-26(25)39-30(44)22-48-18-5-4-16-36-33(47)35(14-2-1-3-15-35)20-23-8-6-11-28(38-23)40-34-37-17-19-49-34/h6-11,17,19,27H,1-5,12-16,18,20-22H2,(H,36,47)(H,39,44)(H,37,38,40)(H,41,43,45). The van der Waals surface area contributed by atoms with Crippen molar-refractivity contribution in [2.24, 2.45) is 5.41 Å². The summed E-state index contributed by atoms with van der Waals surface area (Å²) in [6, 6.07) is 10.2. The van der Waals surface area contributed by atoms with Crippen molar-refractivity contribution in [1.82, 2.24) is 25.5 Å². The van der Waals surface area contributed by atoms with E-state index >= 15 is 0 Å². The summed E-state index contributed by atoms with van der Waals surface area (Å²) < 4.78 is 5.61. The Hall–Kier alpha value is -4.69. The number of rotatable bonds is 14. The van der Waals surface area contributed by atoms with Gasteiger partial charge < -0.3 is 25.6 Å². The van der Waals surface area contributed by atoms with Crippen molar-refractivity contribution in [3.63, 3.8) is 0 Å². The minimum absolute atomic E-state index is 0.0672. The van der Waals surface area contributed by atoms with E-state index in [0.29, 0.717) is 55.0 Å². The lowest BCUT2D eigenvalue weighted by atomic mass is 9.70. The van der Waals surface area contributed by atoms with Crippen LogP contribution in [0.4, 0.5) is 16.6 Å². The first-order valence-corrected chi connectivity index (χ1v) is 17.7. The number of carbonyl (C=O) groups is 5. The number of unbranched alkanes of at least 4 members (excludes halogenated alkanes) is 1. The van der Waals surface area contributed by atoms with Crippen LogP contribution in [0, 0.1) is 5.41 Å². The molecule has 5 amide bonds. The predicted molar refractivity (Wildman–Crippen MR) is 183 cm³/mol. The Bertz CT molecular complexity index is 1690. The van der Waals surface area contributed by atoms with Crippen molar-refractivity contribution in [3.05, 3.63) is 64.8 Å². The third-order valence-electron chi connectivity index (χ3n) is 9.38. The fourth-order valence-corrected chi connectivity index (χ4v) is 7.41. The van der Waals surface area contributed by atoms with E-state index in [4.69, 9.17) is 9.72 Å². The van der Waals surface area contributed by atoms with Crippen molar-refractivity contribution in [3.8, 4) is 0 Å². The number of benzene rings is 1. The third kappa shape index (κ3) is 8.31. The van der Waals surface area contributed by atoms with Gasteiger partial charge in [0.15, 0.2) is 5.13 Å². The van der Waals surface area contributed by atoms with E-state index in [-0.39, 0.29) is 49.6 Å². The Morgan fingerprint density at radius 3 is 2.69 bits per heavy atom. The Morgan fingerprint density at radius 1 is 1.06 bits per heavy atom. The summed E-state index contributed by atoms with van der Waals surface area (Å²) in [5.74, 6) is -0.701. The first kappa shape index (κ1) is 34.2. The molecule has 13 nitrogen and oxygen atoms in total. The smallest absolute Gasteiger partial charge is 0.255 e. The number of hydrogen-bond donors (Lipinski definition) is 4. The van der Waals surface area contributed by atoms with Crippen LogP contribution in [0.3, 0.4) is 0 Å². The highest BCUT2D eigenvalue weighted by atomic mass is 32.1. The average Bonchev–Trinajstić information content (AvgIpc) is 3.73. The summed E-state index contributed by atoms with van der Waals surface area (Å²) >= 11 is 1.50. The number of piperidine rings is 1. The number of thiazole rings is 1. The second-order valence-corrected chi connectivity index (χ2v) is 13.7. The highest BCUT2D eigenvalue weighted by molar-refractivity contribution is 7.13. The van der Waals surface area contributed by atoms with Crippen molar-refractivity contribution in [1.29, 1.82) is 0 Å². The maximum atomic E-state index is 13.6. The second-order valence-electron chi connectivity index (χ2n) is 12.8. The Kier molecular flexibility index (Phi) is 10.9. The molecule has 0 bridgehead atoms. The number of imide groups is 1. The fraction of sp³-hybridized carbons (Fsp3) is 0.457. The number of pyridine rings is 1. The van der Waals surface area contributed by atoms with Crippen molar-refractivity contribution >= 4 is 57.5 Å². The van der Waals surface area contributed by atoms with Gasteiger partial charge in [-0.3, -0.25) is 29.3 Å². The van der Waals surface area contributed by atoms with Crippen molar-refractivity contribution in [2.45, 2.75) is 76.8 Å². The van der Waals surface area contributed by atoms with Gasteiger partial charge in [-0.15, -0.1) is 11.3 Å². The van der Waals surface area contributed by atoms with Gasteiger partial charge in [-0.1, -0.05) is 31.4 Å². The molecule has 4 heterocycles. The number of ether oxygens (including phenoxy) is 1. The number of hydrogen-bond acceptors (Lipinski definition) is 10. The van der Waals surface area contributed by atoms with E-state index in [9.17, 15) is 24.0 Å². The predicted octanol–water partition coefficient (Wildman–Crippen LogP) is 4.09. The Morgan fingerprint density at radius 2 is 1.90 bits per heavy atom. The molecule has 1 unspecified atom stereocenters. The summed E-state index contributed by atoms with van der Waals surface area (Å²) in [7, 11) is 0. The summed E-state index contributed by atoms with van der Waals surface area (Å²) in [5, 5.41) is 14.2. The molecule has 14 heteroatoms. The van der Waals surface area contributed by atoms with Crippen LogP contribution in [0.25, 0.3) is 0 Å². The largest absolute Gasteiger partial charge is 0.372 e. The number of nitrogens with one attached hydrogen (secondary N) is 4. The molecule has 1 aliphatic carbocycles. The lowest BCUT2D eigenvalue weighted by Gasteiger charge is -2.35. The zero-order valence-electron chi connectivity index (χ0n) is 27.3. The number of amides is 5. The van der Waals surface area contributed by atoms with Gasteiger partial charge in [0.2, 0.25) is 23.6 Å². The summed E-state index contributed by atoms with van der Waals surface area (Å²) in [4.78, 5) is 73.7. The molecule has 0 radical (unpaired) electrons. The average molecular weight is 688 g/mol. The molecule has 1 saturated carbocycles. The molecule has 49 heavy (non-hydrogen) atoms. The van der Waals surface area contributed by atoms with Gasteiger partial charge >= 0.3 is 0 Å². The molecule has 258 valence electrons. The van der Waals surface area contributed by atoms with Gasteiger partial charge in [0.1, 0.15) is 18.5 Å².